The van der Waals surface area contributed by atoms with Crippen LogP contribution in [0.25, 0.3) is 11.4 Å². The number of hydrogen-bond acceptors (Lipinski definition) is 5. The SMILES string of the molecule is Cc1ccc(S(=O)(=O)N2CCOCC2)cc1NC(=O)c1nc(-c2ccccc2)n2c1CCCCC2. The van der Waals surface area contributed by atoms with Crippen molar-refractivity contribution >= 4 is 21.6 Å². The molecule has 5 rings (SSSR count). The Morgan fingerprint density at radius 1 is 1.00 bits per heavy atom. The highest BCUT2D eigenvalue weighted by atomic mass is 32.2. The van der Waals surface area contributed by atoms with Gasteiger partial charge in [0.2, 0.25) is 10.0 Å². The van der Waals surface area contributed by atoms with Crippen LogP contribution >= 0.6 is 0 Å². The van der Waals surface area contributed by atoms with Crippen LogP contribution < -0.4 is 5.32 Å². The topological polar surface area (TPSA) is 93.5 Å². The van der Waals surface area contributed by atoms with E-state index < -0.39 is 10.0 Å². The normalized spacial score (nSPS) is 16.9. The molecule has 1 saturated heterocycles. The van der Waals surface area contributed by atoms with Crippen molar-refractivity contribution in [1.29, 1.82) is 0 Å². The van der Waals surface area contributed by atoms with Crippen molar-refractivity contribution in [2.24, 2.45) is 0 Å². The minimum Gasteiger partial charge on any atom is -0.379 e. The molecule has 35 heavy (non-hydrogen) atoms. The van der Waals surface area contributed by atoms with Crippen LogP contribution in [0.1, 0.15) is 41.0 Å². The van der Waals surface area contributed by atoms with Crippen LogP contribution in [0.15, 0.2) is 53.4 Å². The first-order valence-electron chi connectivity index (χ1n) is 12.1. The van der Waals surface area contributed by atoms with Crippen LogP contribution in [0.2, 0.25) is 0 Å². The average Bonchev–Trinajstić information content (AvgIpc) is 3.07. The number of amides is 1. The van der Waals surface area contributed by atoms with Crippen LogP contribution in [0.5, 0.6) is 0 Å². The molecule has 0 spiro atoms. The average molecular weight is 495 g/mol. The summed E-state index contributed by atoms with van der Waals surface area (Å²) in [5.74, 6) is 0.481. The summed E-state index contributed by atoms with van der Waals surface area (Å²) in [7, 11) is -3.67. The lowest BCUT2D eigenvalue weighted by atomic mass is 10.1. The summed E-state index contributed by atoms with van der Waals surface area (Å²) in [5, 5.41) is 2.95. The van der Waals surface area contributed by atoms with Gasteiger partial charge in [0.15, 0.2) is 0 Å². The Labute approximate surface area is 206 Å². The number of nitrogens with one attached hydrogen (secondary N) is 1. The summed E-state index contributed by atoms with van der Waals surface area (Å²) in [6.45, 7) is 4.08. The van der Waals surface area contributed by atoms with Crippen molar-refractivity contribution in [3.8, 4) is 11.4 Å². The molecule has 1 fully saturated rings. The molecule has 184 valence electrons. The second-order valence-electron chi connectivity index (χ2n) is 9.01. The molecule has 3 aromatic rings. The van der Waals surface area contributed by atoms with Gasteiger partial charge in [-0.15, -0.1) is 0 Å². The van der Waals surface area contributed by atoms with Crippen LogP contribution in [0.4, 0.5) is 5.69 Å². The molecule has 0 saturated carbocycles. The van der Waals surface area contributed by atoms with E-state index in [4.69, 9.17) is 9.72 Å². The zero-order valence-corrected chi connectivity index (χ0v) is 20.7. The molecular formula is C26H30N4O4S. The molecule has 1 amide bonds. The third kappa shape index (κ3) is 4.76. The highest BCUT2D eigenvalue weighted by Crippen LogP contribution is 2.29. The molecule has 3 heterocycles. The standard InChI is InChI=1S/C26H30N4O4S/c1-19-11-12-21(35(32,33)29-14-16-34-17-15-29)18-22(19)27-26(31)24-23-10-6-3-7-13-30(23)25(28-24)20-8-4-2-5-9-20/h2,4-5,8-9,11-12,18H,3,6-7,10,13-17H2,1H3,(H,27,31). The van der Waals surface area contributed by atoms with Crippen molar-refractivity contribution < 1.29 is 17.9 Å². The second-order valence-corrected chi connectivity index (χ2v) is 10.9. The van der Waals surface area contributed by atoms with Gasteiger partial charge < -0.3 is 14.6 Å². The zero-order valence-electron chi connectivity index (χ0n) is 19.9. The fraction of sp³-hybridized carbons (Fsp3) is 0.385. The van der Waals surface area contributed by atoms with E-state index in [0.29, 0.717) is 37.7 Å². The van der Waals surface area contributed by atoms with Crippen molar-refractivity contribution in [2.75, 3.05) is 31.6 Å². The third-order valence-corrected chi connectivity index (χ3v) is 8.57. The third-order valence-electron chi connectivity index (χ3n) is 6.68. The van der Waals surface area contributed by atoms with Crippen molar-refractivity contribution in [2.45, 2.75) is 44.0 Å². The Morgan fingerprint density at radius 3 is 2.54 bits per heavy atom. The number of aromatic nitrogens is 2. The van der Waals surface area contributed by atoms with Crippen LogP contribution in [0.3, 0.4) is 0 Å². The van der Waals surface area contributed by atoms with Crippen molar-refractivity contribution in [3.63, 3.8) is 0 Å². The monoisotopic (exact) mass is 494 g/mol. The van der Waals surface area contributed by atoms with E-state index >= 15 is 0 Å². The summed E-state index contributed by atoms with van der Waals surface area (Å²) in [6, 6.07) is 14.8. The fourth-order valence-corrected chi connectivity index (χ4v) is 6.16. The number of anilines is 1. The summed E-state index contributed by atoms with van der Waals surface area (Å²) in [6.07, 6.45) is 3.95. The summed E-state index contributed by atoms with van der Waals surface area (Å²) >= 11 is 0. The van der Waals surface area contributed by atoms with Crippen molar-refractivity contribution in [3.05, 3.63) is 65.5 Å². The summed E-state index contributed by atoms with van der Waals surface area (Å²) in [5.41, 5.74) is 3.58. The van der Waals surface area contributed by atoms with E-state index in [1.54, 1.807) is 18.2 Å². The summed E-state index contributed by atoms with van der Waals surface area (Å²) in [4.78, 5) is 18.4. The highest BCUT2D eigenvalue weighted by molar-refractivity contribution is 7.89. The fourth-order valence-electron chi connectivity index (χ4n) is 4.72. The van der Waals surface area contributed by atoms with Crippen LogP contribution in [0, 0.1) is 6.92 Å². The smallest absolute Gasteiger partial charge is 0.276 e. The number of morpholine rings is 1. The van der Waals surface area contributed by atoms with Crippen LogP contribution in [-0.4, -0.2) is 54.5 Å². The Morgan fingerprint density at radius 2 is 1.77 bits per heavy atom. The predicted molar refractivity (Wildman–Crippen MR) is 134 cm³/mol. The van der Waals surface area contributed by atoms with Crippen molar-refractivity contribution in [1.82, 2.24) is 13.9 Å². The van der Waals surface area contributed by atoms with E-state index in [1.165, 1.54) is 4.31 Å². The number of hydrogen-bond donors (Lipinski definition) is 1. The maximum absolute atomic E-state index is 13.5. The Hall–Kier alpha value is -3.01. The molecule has 8 nitrogen and oxygen atoms in total. The van der Waals surface area contributed by atoms with Gasteiger partial charge in [-0.05, 0) is 43.9 Å². The lowest BCUT2D eigenvalue weighted by molar-refractivity contribution is 0.0730. The summed E-state index contributed by atoms with van der Waals surface area (Å²) < 4.78 is 35.2. The number of carbonyl (C=O) groups is 1. The maximum atomic E-state index is 13.5. The van der Waals surface area contributed by atoms with E-state index in [-0.39, 0.29) is 10.8 Å². The number of benzene rings is 2. The van der Waals surface area contributed by atoms with Crippen LogP contribution in [-0.2, 0) is 27.7 Å². The second kappa shape index (κ2) is 9.93. The van der Waals surface area contributed by atoms with Gasteiger partial charge >= 0.3 is 0 Å². The lowest BCUT2D eigenvalue weighted by Gasteiger charge is -2.26. The van der Waals surface area contributed by atoms with Gasteiger partial charge in [-0.3, -0.25) is 4.79 Å². The van der Waals surface area contributed by atoms with E-state index in [0.717, 1.165) is 54.9 Å². The molecule has 0 radical (unpaired) electrons. The molecule has 0 unspecified atom stereocenters. The molecule has 2 aliphatic rings. The van der Waals surface area contributed by atoms with Gasteiger partial charge in [-0.2, -0.15) is 4.31 Å². The highest BCUT2D eigenvalue weighted by Gasteiger charge is 2.28. The van der Waals surface area contributed by atoms with Gasteiger partial charge in [-0.1, -0.05) is 42.8 Å². The first-order chi connectivity index (χ1) is 16.9. The Kier molecular flexibility index (Phi) is 6.73. The molecule has 9 heteroatoms. The maximum Gasteiger partial charge on any atom is 0.276 e. The quantitative estimate of drug-likeness (QED) is 0.581. The minimum atomic E-state index is -3.67. The first kappa shape index (κ1) is 23.7. The Balaban J connectivity index is 1.47. The number of rotatable bonds is 5. The largest absolute Gasteiger partial charge is 0.379 e. The van der Waals surface area contributed by atoms with Gasteiger partial charge in [0, 0.05) is 30.9 Å². The number of sulfonamides is 1. The van der Waals surface area contributed by atoms with Gasteiger partial charge in [-0.25, -0.2) is 13.4 Å². The minimum absolute atomic E-state index is 0.161. The zero-order chi connectivity index (χ0) is 24.4. The number of aryl methyl sites for hydroxylation is 1. The molecule has 1 aromatic heterocycles. The number of nitrogens with zero attached hydrogens (tertiary/aromatic N) is 3. The van der Waals surface area contributed by atoms with E-state index in [9.17, 15) is 13.2 Å². The Bertz CT molecular complexity index is 1330. The number of fused-ring (bicyclic) bond motifs is 1. The molecular weight excluding hydrogens is 464 g/mol. The molecule has 0 atom stereocenters. The number of imidazole rings is 1. The van der Waals surface area contributed by atoms with Gasteiger partial charge in [0.05, 0.1) is 23.8 Å². The van der Waals surface area contributed by atoms with Gasteiger partial charge in [0.1, 0.15) is 11.5 Å². The van der Waals surface area contributed by atoms with Gasteiger partial charge in [0.25, 0.3) is 5.91 Å². The first-order valence-corrected chi connectivity index (χ1v) is 13.5. The van der Waals surface area contributed by atoms with E-state index in [1.807, 2.05) is 37.3 Å². The molecule has 2 aromatic carbocycles. The molecule has 0 aliphatic carbocycles. The predicted octanol–water partition coefficient (Wildman–Crippen LogP) is 3.86. The lowest BCUT2D eigenvalue weighted by Crippen LogP contribution is -2.40. The number of ether oxygens (including phenoxy) is 1. The van der Waals surface area contributed by atoms with E-state index in [2.05, 4.69) is 9.88 Å². The molecule has 0 bridgehead atoms. The molecule has 2 aliphatic heterocycles. The molecule has 1 N–H and O–H groups in total. The number of carbonyl (C=O) groups excluding carboxylic acids is 1.